The maximum Gasteiger partial charge on any atom is 0.318 e. The lowest BCUT2D eigenvalue weighted by Crippen LogP contribution is -1.86. The Morgan fingerprint density at radius 1 is 1.33 bits per heavy atom. The van der Waals surface area contributed by atoms with Gasteiger partial charge in [-0.05, 0) is 24.3 Å². The summed E-state index contributed by atoms with van der Waals surface area (Å²) in [5.41, 5.74) is 5.31. The van der Waals surface area contributed by atoms with Crippen molar-refractivity contribution < 1.29 is 4.52 Å². The zero-order valence-corrected chi connectivity index (χ0v) is 10.1. The Bertz CT molecular complexity index is 443. The molecule has 1 aromatic heterocycles. The van der Waals surface area contributed by atoms with Crippen LogP contribution in [0.25, 0.3) is 0 Å². The van der Waals surface area contributed by atoms with Gasteiger partial charge in [0, 0.05) is 9.37 Å². The summed E-state index contributed by atoms with van der Waals surface area (Å²) in [5, 5.41) is 3.71. The van der Waals surface area contributed by atoms with E-state index in [0.717, 1.165) is 9.37 Å². The van der Waals surface area contributed by atoms with Crippen LogP contribution < -0.4 is 5.73 Å². The van der Waals surface area contributed by atoms with E-state index in [0.29, 0.717) is 11.6 Å². The lowest BCUT2D eigenvalue weighted by atomic mass is 10.4. The Labute approximate surface area is 99.4 Å². The van der Waals surface area contributed by atoms with Crippen molar-refractivity contribution in [3.05, 3.63) is 34.6 Å². The van der Waals surface area contributed by atoms with Gasteiger partial charge in [0.1, 0.15) is 0 Å². The van der Waals surface area contributed by atoms with Gasteiger partial charge in [-0.15, -0.1) is 11.8 Å². The van der Waals surface area contributed by atoms with Gasteiger partial charge < -0.3 is 10.3 Å². The van der Waals surface area contributed by atoms with Gasteiger partial charge >= 0.3 is 6.01 Å². The number of benzene rings is 1. The van der Waals surface area contributed by atoms with Gasteiger partial charge in [-0.25, -0.2) is 0 Å². The third-order valence-corrected chi connectivity index (χ3v) is 3.20. The minimum absolute atomic E-state index is 0.112. The summed E-state index contributed by atoms with van der Waals surface area (Å²) in [6.45, 7) is 0. The van der Waals surface area contributed by atoms with Crippen LogP contribution >= 0.6 is 27.7 Å². The van der Waals surface area contributed by atoms with E-state index in [1.165, 1.54) is 0 Å². The lowest BCUT2D eigenvalue weighted by Gasteiger charge is -1.97. The quantitative estimate of drug-likeness (QED) is 0.879. The number of nitrogens with two attached hydrogens (primary N) is 1. The topological polar surface area (TPSA) is 64.9 Å². The fraction of sp³-hybridized carbons (Fsp3) is 0.111. The van der Waals surface area contributed by atoms with Crippen molar-refractivity contribution in [2.45, 2.75) is 10.6 Å². The second kappa shape index (κ2) is 4.67. The zero-order valence-electron chi connectivity index (χ0n) is 7.68. The molecule has 6 heteroatoms. The molecular formula is C9H8BrN3OS. The van der Waals surface area contributed by atoms with Crippen molar-refractivity contribution in [3.63, 3.8) is 0 Å². The van der Waals surface area contributed by atoms with Gasteiger partial charge in [-0.1, -0.05) is 21.1 Å². The number of nitrogens with zero attached hydrogens (tertiary/aromatic N) is 2. The van der Waals surface area contributed by atoms with Crippen LogP contribution in [0.2, 0.25) is 0 Å². The van der Waals surface area contributed by atoms with E-state index in [2.05, 4.69) is 30.6 Å². The SMILES string of the molecule is Nc1nc(CSc2ccc(Br)cc2)no1. The molecule has 0 unspecified atom stereocenters. The highest BCUT2D eigenvalue weighted by Crippen LogP contribution is 2.23. The Morgan fingerprint density at radius 2 is 2.07 bits per heavy atom. The van der Waals surface area contributed by atoms with E-state index >= 15 is 0 Å². The summed E-state index contributed by atoms with van der Waals surface area (Å²) < 4.78 is 5.73. The lowest BCUT2D eigenvalue weighted by molar-refractivity contribution is 0.429. The van der Waals surface area contributed by atoms with Gasteiger partial charge in [0.25, 0.3) is 0 Å². The van der Waals surface area contributed by atoms with Crippen LogP contribution in [0, 0.1) is 0 Å². The molecule has 0 saturated carbocycles. The summed E-state index contributed by atoms with van der Waals surface area (Å²) >= 11 is 5.01. The first-order chi connectivity index (χ1) is 7.24. The maximum atomic E-state index is 5.31. The Kier molecular flexibility index (Phi) is 3.27. The molecule has 0 radical (unpaired) electrons. The molecule has 0 aliphatic rings. The molecule has 0 fully saturated rings. The summed E-state index contributed by atoms with van der Waals surface area (Å²) in [4.78, 5) is 5.07. The van der Waals surface area contributed by atoms with Crippen LogP contribution in [-0.2, 0) is 5.75 Å². The molecule has 0 aliphatic carbocycles. The smallest absolute Gasteiger partial charge is 0.318 e. The molecule has 0 aliphatic heterocycles. The van der Waals surface area contributed by atoms with Crippen molar-refractivity contribution in [2.75, 3.05) is 5.73 Å². The first-order valence-electron chi connectivity index (χ1n) is 4.20. The molecule has 1 heterocycles. The number of halogens is 1. The van der Waals surface area contributed by atoms with Gasteiger partial charge in [0.15, 0.2) is 5.82 Å². The summed E-state index contributed by atoms with van der Waals surface area (Å²) in [5.74, 6) is 1.27. The predicted octanol–water partition coefficient (Wildman–Crippen LogP) is 2.71. The van der Waals surface area contributed by atoms with Crippen LogP contribution in [0.1, 0.15) is 5.82 Å². The predicted molar refractivity (Wildman–Crippen MR) is 62.4 cm³/mol. The molecule has 0 bridgehead atoms. The highest BCUT2D eigenvalue weighted by molar-refractivity contribution is 9.10. The maximum absolute atomic E-state index is 5.31. The van der Waals surface area contributed by atoms with E-state index in [1.54, 1.807) is 11.8 Å². The first kappa shape index (κ1) is 10.5. The minimum atomic E-state index is 0.112. The van der Waals surface area contributed by atoms with E-state index < -0.39 is 0 Å². The standard InChI is InChI=1S/C9H8BrN3OS/c10-6-1-3-7(4-2-6)15-5-8-12-9(11)14-13-8/h1-4H,5H2,(H2,11,12,13). The molecule has 0 saturated heterocycles. The van der Waals surface area contributed by atoms with Crippen LogP contribution in [0.5, 0.6) is 0 Å². The minimum Gasteiger partial charge on any atom is -0.351 e. The van der Waals surface area contributed by atoms with Crippen LogP contribution in [0.4, 0.5) is 6.01 Å². The number of aromatic nitrogens is 2. The van der Waals surface area contributed by atoms with Gasteiger partial charge in [-0.3, -0.25) is 0 Å². The highest BCUT2D eigenvalue weighted by Gasteiger charge is 2.03. The summed E-state index contributed by atoms with van der Waals surface area (Å²) in [7, 11) is 0. The number of hydrogen-bond acceptors (Lipinski definition) is 5. The third kappa shape index (κ3) is 2.97. The largest absolute Gasteiger partial charge is 0.351 e. The van der Waals surface area contributed by atoms with Crippen LogP contribution in [0.15, 0.2) is 38.2 Å². The monoisotopic (exact) mass is 285 g/mol. The number of anilines is 1. The third-order valence-electron chi connectivity index (χ3n) is 1.67. The molecule has 2 N–H and O–H groups in total. The molecule has 1 aromatic carbocycles. The number of hydrogen-bond donors (Lipinski definition) is 1. The van der Waals surface area contributed by atoms with Crippen molar-refractivity contribution in [2.24, 2.45) is 0 Å². The molecule has 78 valence electrons. The van der Waals surface area contributed by atoms with Crippen LogP contribution in [-0.4, -0.2) is 10.1 Å². The molecule has 4 nitrogen and oxygen atoms in total. The van der Waals surface area contributed by atoms with E-state index in [-0.39, 0.29) is 6.01 Å². The molecule has 15 heavy (non-hydrogen) atoms. The average molecular weight is 286 g/mol. The molecule has 2 aromatic rings. The van der Waals surface area contributed by atoms with Crippen molar-refractivity contribution in [1.29, 1.82) is 0 Å². The average Bonchev–Trinajstić information content (AvgIpc) is 2.64. The fourth-order valence-corrected chi connectivity index (χ4v) is 2.01. The van der Waals surface area contributed by atoms with Crippen molar-refractivity contribution >= 4 is 33.7 Å². The molecule has 0 spiro atoms. The zero-order chi connectivity index (χ0) is 10.7. The Hall–Kier alpha value is -1.01. The van der Waals surface area contributed by atoms with E-state index in [4.69, 9.17) is 5.73 Å². The number of thioether (sulfide) groups is 1. The first-order valence-corrected chi connectivity index (χ1v) is 5.98. The Morgan fingerprint density at radius 3 is 2.67 bits per heavy atom. The second-order valence-electron chi connectivity index (χ2n) is 2.79. The highest BCUT2D eigenvalue weighted by atomic mass is 79.9. The second-order valence-corrected chi connectivity index (χ2v) is 4.76. The number of rotatable bonds is 3. The molecular weight excluding hydrogens is 278 g/mol. The normalized spacial score (nSPS) is 10.5. The van der Waals surface area contributed by atoms with Crippen LogP contribution in [0.3, 0.4) is 0 Å². The van der Waals surface area contributed by atoms with Crippen molar-refractivity contribution in [3.8, 4) is 0 Å². The summed E-state index contributed by atoms with van der Waals surface area (Å²) in [6, 6.07) is 8.15. The van der Waals surface area contributed by atoms with E-state index in [9.17, 15) is 0 Å². The molecule has 0 atom stereocenters. The van der Waals surface area contributed by atoms with Gasteiger partial charge in [-0.2, -0.15) is 4.98 Å². The molecule has 0 amide bonds. The van der Waals surface area contributed by atoms with Gasteiger partial charge in [0.2, 0.25) is 0 Å². The van der Waals surface area contributed by atoms with E-state index in [1.807, 2.05) is 24.3 Å². The summed E-state index contributed by atoms with van der Waals surface area (Å²) in [6.07, 6.45) is 0. The fourth-order valence-electron chi connectivity index (χ4n) is 1.00. The van der Waals surface area contributed by atoms with Gasteiger partial charge in [0.05, 0.1) is 5.75 Å². The number of nitrogen functional groups attached to an aromatic ring is 1. The van der Waals surface area contributed by atoms with Crippen molar-refractivity contribution in [1.82, 2.24) is 10.1 Å². The molecule has 2 rings (SSSR count). The Balaban J connectivity index is 1.96.